The number of ether oxygens (including phenoxy) is 1. The molecule has 162 valence electrons. The van der Waals surface area contributed by atoms with Gasteiger partial charge in [0.15, 0.2) is 6.10 Å². The summed E-state index contributed by atoms with van der Waals surface area (Å²) in [7, 11) is -2.23. The SMILES string of the molecule is CC(Oc1ccc(Cl)cc1Br)C(=O)Nc1ccc(S(=O)(=O)N(C)c2ccccc2)cc1. The Kier molecular flexibility index (Phi) is 7.25. The zero-order valence-corrected chi connectivity index (χ0v) is 19.9. The van der Waals surface area contributed by atoms with Gasteiger partial charge in [-0.2, -0.15) is 0 Å². The Morgan fingerprint density at radius 3 is 2.32 bits per heavy atom. The van der Waals surface area contributed by atoms with Crippen LogP contribution in [0.1, 0.15) is 6.92 Å². The van der Waals surface area contributed by atoms with Gasteiger partial charge in [-0.1, -0.05) is 29.8 Å². The Hall–Kier alpha value is -2.55. The van der Waals surface area contributed by atoms with Crippen molar-refractivity contribution >= 4 is 54.8 Å². The smallest absolute Gasteiger partial charge is 0.265 e. The van der Waals surface area contributed by atoms with E-state index in [-0.39, 0.29) is 10.8 Å². The van der Waals surface area contributed by atoms with E-state index in [1.54, 1.807) is 49.4 Å². The second-order valence-electron chi connectivity index (χ2n) is 6.66. The molecular formula is C22H20BrClN2O4S. The lowest BCUT2D eigenvalue weighted by Gasteiger charge is -2.20. The average Bonchev–Trinajstić information content (AvgIpc) is 2.76. The molecule has 0 aliphatic rings. The van der Waals surface area contributed by atoms with Crippen molar-refractivity contribution in [2.75, 3.05) is 16.7 Å². The predicted octanol–water partition coefficient (Wildman–Crippen LogP) is 5.33. The number of nitrogens with zero attached hydrogens (tertiary/aromatic N) is 1. The molecule has 0 aliphatic heterocycles. The summed E-state index contributed by atoms with van der Waals surface area (Å²) in [5.74, 6) is 0.108. The van der Waals surface area contributed by atoms with E-state index in [2.05, 4.69) is 21.2 Å². The minimum atomic E-state index is -3.72. The summed E-state index contributed by atoms with van der Waals surface area (Å²) in [6, 6.07) is 19.8. The zero-order chi connectivity index (χ0) is 22.6. The number of hydrogen-bond acceptors (Lipinski definition) is 4. The molecule has 1 atom stereocenters. The van der Waals surface area contributed by atoms with Gasteiger partial charge in [0, 0.05) is 17.8 Å². The third-order valence-corrected chi connectivity index (χ3v) is 7.12. The Morgan fingerprint density at radius 1 is 1.06 bits per heavy atom. The molecule has 1 N–H and O–H groups in total. The van der Waals surface area contributed by atoms with Crippen molar-refractivity contribution in [3.8, 4) is 5.75 Å². The largest absolute Gasteiger partial charge is 0.480 e. The third-order valence-electron chi connectivity index (χ3n) is 4.47. The molecule has 3 aromatic rings. The van der Waals surface area contributed by atoms with Crippen molar-refractivity contribution in [3.63, 3.8) is 0 Å². The minimum absolute atomic E-state index is 0.117. The van der Waals surface area contributed by atoms with Gasteiger partial charge in [-0.05, 0) is 77.5 Å². The molecule has 3 rings (SSSR count). The van der Waals surface area contributed by atoms with Crippen molar-refractivity contribution in [3.05, 3.63) is 82.3 Å². The molecule has 31 heavy (non-hydrogen) atoms. The van der Waals surface area contributed by atoms with Crippen LogP contribution in [0.3, 0.4) is 0 Å². The number of para-hydroxylation sites is 1. The Balaban J connectivity index is 1.67. The first-order chi connectivity index (χ1) is 14.7. The number of benzene rings is 3. The van der Waals surface area contributed by atoms with Crippen molar-refractivity contribution in [2.45, 2.75) is 17.9 Å². The molecule has 0 saturated carbocycles. The normalized spacial score (nSPS) is 12.1. The molecule has 1 amide bonds. The molecule has 6 nitrogen and oxygen atoms in total. The highest BCUT2D eigenvalue weighted by molar-refractivity contribution is 9.10. The van der Waals surface area contributed by atoms with Gasteiger partial charge in [0.05, 0.1) is 15.1 Å². The van der Waals surface area contributed by atoms with Crippen LogP contribution in [0.5, 0.6) is 5.75 Å². The van der Waals surface area contributed by atoms with E-state index < -0.39 is 16.1 Å². The molecule has 0 bridgehead atoms. The summed E-state index contributed by atoms with van der Waals surface area (Å²) in [6.45, 7) is 1.62. The highest BCUT2D eigenvalue weighted by Crippen LogP contribution is 2.29. The summed E-state index contributed by atoms with van der Waals surface area (Å²) >= 11 is 9.26. The number of nitrogens with one attached hydrogen (secondary N) is 1. The van der Waals surface area contributed by atoms with Crippen LogP contribution in [0.2, 0.25) is 5.02 Å². The van der Waals surface area contributed by atoms with Gasteiger partial charge < -0.3 is 10.1 Å². The number of rotatable bonds is 7. The van der Waals surface area contributed by atoms with E-state index in [0.29, 0.717) is 26.6 Å². The number of hydrogen-bond donors (Lipinski definition) is 1. The van der Waals surface area contributed by atoms with E-state index in [1.165, 1.54) is 35.6 Å². The maximum Gasteiger partial charge on any atom is 0.265 e. The molecule has 0 spiro atoms. The van der Waals surface area contributed by atoms with Crippen LogP contribution in [-0.4, -0.2) is 27.5 Å². The van der Waals surface area contributed by atoms with E-state index in [4.69, 9.17) is 16.3 Å². The summed E-state index contributed by atoms with van der Waals surface area (Å²) in [5, 5.41) is 3.26. The van der Waals surface area contributed by atoms with Gasteiger partial charge in [-0.25, -0.2) is 8.42 Å². The maximum absolute atomic E-state index is 12.8. The lowest BCUT2D eigenvalue weighted by atomic mass is 10.3. The zero-order valence-electron chi connectivity index (χ0n) is 16.7. The quantitative estimate of drug-likeness (QED) is 0.454. The predicted molar refractivity (Wildman–Crippen MR) is 126 cm³/mol. The lowest BCUT2D eigenvalue weighted by molar-refractivity contribution is -0.122. The van der Waals surface area contributed by atoms with E-state index >= 15 is 0 Å². The fourth-order valence-electron chi connectivity index (χ4n) is 2.70. The molecular weight excluding hydrogens is 504 g/mol. The lowest BCUT2D eigenvalue weighted by Crippen LogP contribution is -2.30. The van der Waals surface area contributed by atoms with Crippen LogP contribution in [0, 0.1) is 0 Å². The second kappa shape index (κ2) is 9.72. The Morgan fingerprint density at radius 2 is 1.71 bits per heavy atom. The average molecular weight is 524 g/mol. The molecule has 1 unspecified atom stereocenters. The fourth-order valence-corrected chi connectivity index (χ4v) is 4.68. The van der Waals surface area contributed by atoms with E-state index in [0.717, 1.165) is 0 Å². The van der Waals surface area contributed by atoms with E-state index in [1.807, 2.05) is 6.07 Å². The highest BCUT2D eigenvalue weighted by atomic mass is 79.9. The van der Waals surface area contributed by atoms with Gasteiger partial charge in [0.25, 0.3) is 15.9 Å². The standard InChI is InChI=1S/C22H20BrClN2O4S/c1-15(30-21-13-8-16(24)14-20(21)23)22(27)25-17-9-11-19(12-10-17)31(28,29)26(2)18-6-4-3-5-7-18/h3-15H,1-2H3,(H,25,27). The first kappa shape index (κ1) is 23.1. The first-order valence-electron chi connectivity index (χ1n) is 9.25. The molecule has 0 aromatic heterocycles. The van der Waals surface area contributed by atoms with Crippen LogP contribution in [-0.2, 0) is 14.8 Å². The number of anilines is 2. The fraction of sp³-hybridized carbons (Fsp3) is 0.136. The maximum atomic E-state index is 12.8. The molecule has 0 fully saturated rings. The number of carbonyl (C=O) groups excluding carboxylic acids is 1. The van der Waals surface area contributed by atoms with Gasteiger partial charge in [0.1, 0.15) is 5.75 Å². The molecule has 0 heterocycles. The van der Waals surface area contributed by atoms with Gasteiger partial charge in [0.2, 0.25) is 0 Å². The topological polar surface area (TPSA) is 75.7 Å². The summed E-state index contributed by atoms with van der Waals surface area (Å²) < 4.78 is 33.2. The van der Waals surface area contributed by atoms with Gasteiger partial charge >= 0.3 is 0 Å². The van der Waals surface area contributed by atoms with Crippen LogP contribution in [0.15, 0.2) is 82.2 Å². The third kappa shape index (κ3) is 5.58. The number of carbonyl (C=O) groups is 1. The Bertz CT molecular complexity index is 1170. The molecule has 0 saturated heterocycles. The number of sulfonamides is 1. The van der Waals surface area contributed by atoms with Crippen molar-refractivity contribution in [2.24, 2.45) is 0 Å². The van der Waals surface area contributed by atoms with Crippen LogP contribution < -0.4 is 14.4 Å². The first-order valence-corrected chi connectivity index (χ1v) is 11.9. The molecule has 0 radical (unpaired) electrons. The summed E-state index contributed by atoms with van der Waals surface area (Å²) in [4.78, 5) is 12.6. The second-order valence-corrected chi connectivity index (χ2v) is 9.92. The van der Waals surface area contributed by atoms with E-state index in [9.17, 15) is 13.2 Å². The minimum Gasteiger partial charge on any atom is -0.480 e. The van der Waals surface area contributed by atoms with Crippen LogP contribution >= 0.6 is 27.5 Å². The van der Waals surface area contributed by atoms with Crippen LogP contribution in [0.4, 0.5) is 11.4 Å². The molecule has 0 aliphatic carbocycles. The monoisotopic (exact) mass is 522 g/mol. The Labute approximate surface area is 195 Å². The molecule has 9 heteroatoms. The summed E-state index contributed by atoms with van der Waals surface area (Å²) in [6.07, 6.45) is -0.787. The molecule has 3 aromatic carbocycles. The van der Waals surface area contributed by atoms with Crippen LogP contribution in [0.25, 0.3) is 0 Å². The van der Waals surface area contributed by atoms with Crippen molar-refractivity contribution in [1.82, 2.24) is 0 Å². The number of halogens is 2. The van der Waals surface area contributed by atoms with Gasteiger partial charge in [-0.15, -0.1) is 0 Å². The number of amides is 1. The van der Waals surface area contributed by atoms with Gasteiger partial charge in [-0.3, -0.25) is 9.10 Å². The summed E-state index contributed by atoms with van der Waals surface area (Å²) in [5.41, 5.74) is 1.01. The van der Waals surface area contributed by atoms with Crippen molar-refractivity contribution in [1.29, 1.82) is 0 Å². The highest BCUT2D eigenvalue weighted by Gasteiger charge is 2.22. The van der Waals surface area contributed by atoms with Crippen molar-refractivity contribution < 1.29 is 17.9 Å².